The van der Waals surface area contributed by atoms with Crippen molar-refractivity contribution in [2.75, 3.05) is 0 Å². The molecule has 2 N–H and O–H groups in total. The minimum atomic E-state index is -1.07. The number of hydrogen-bond donors (Lipinski definition) is 2. The zero-order chi connectivity index (χ0) is 11.6. The van der Waals surface area contributed by atoms with Gasteiger partial charge in [-0.2, -0.15) is 0 Å². The summed E-state index contributed by atoms with van der Waals surface area (Å²) in [4.78, 5) is 22.1. The quantitative estimate of drug-likeness (QED) is 0.784. The Bertz CT molecular complexity index is 394. The average Bonchev–Trinajstić information content (AvgIpc) is 2.44. The SMILES string of the molecule is Cc1cc(C(=O)N[C@H](C)C(=O)O)c(C)o1. The maximum atomic E-state index is 11.6. The number of carboxylic acid groups (broad SMARTS) is 1. The lowest BCUT2D eigenvalue weighted by Crippen LogP contribution is -2.38. The second-order valence-electron chi connectivity index (χ2n) is 3.36. The Balaban J connectivity index is 2.77. The Hall–Kier alpha value is -1.78. The van der Waals surface area contributed by atoms with Crippen molar-refractivity contribution in [2.24, 2.45) is 0 Å². The first-order valence-electron chi connectivity index (χ1n) is 4.52. The van der Waals surface area contributed by atoms with Crippen LogP contribution in [-0.4, -0.2) is 23.0 Å². The van der Waals surface area contributed by atoms with E-state index < -0.39 is 17.9 Å². The topological polar surface area (TPSA) is 79.5 Å². The summed E-state index contributed by atoms with van der Waals surface area (Å²) in [5.74, 6) is -0.385. The van der Waals surface area contributed by atoms with Crippen molar-refractivity contribution in [2.45, 2.75) is 26.8 Å². The molecule has 1 heterocycles. The van der Waals surface area contributed by atoms with Gasteiger partial charge in [-0.25, -0.2) is 0 Å². The molecule has 1 amide bonds. The Morgan fingerprint density at radius 2 is 2.07 bits per heavy atom. The van der Waals surface area contributed by atoms with Gasteiger partial charge in [0.1, 0.15) is 17.6 Å². The summed E-state index contributed by atoms with van der Waals surface area (Å²) in [6.45, 7) is 4.79. The third kappa shape index (κ3) is 2.59. The molecule has 82 valence electrons. The summed E-state index contributed by atoms with van der Waals surface area (Å²) in [5.41, 5.74) is 0.376. The smallest absolute Gasteiger partial charge is 0.325 e. The molecule has 15 heavy (non-hydrogen) atoms. The van der Waals surface area contributed by atoms with Crippen molar-refractivity contribution in [1.82, 2.24) is 5.32 Å². The van der Waals surface area contributed by atoms with E-state index in [9.17, 15) is 9.59 Å². The van der Waals surface area contributed by atoms with Crippen LogP contribution in [0.25, 0.3) is 0 Å². The summed E-state index contributed by atoms with van der Waals surface area (Å²) in [5, 5.41) is 11.0. The van der Waals surface area contributed by atoms with Gasteiger partial charge in [0.15, 0.2) is 0 Å². The van der Waals surface area contributed by atoms with Gasteiger partial charge in [-0.3, -0.25) is 9.59 Å². The van der Waals surface area contributed by atoms with Crippen molar-refractivity contribution in [3.63, 3.8) is 0 Å². The maximum absolute atomic E-state index is 11.6. The van der Waals surface area contributed by atoms with E-state index in [1.165, 1.54) is 6.92 Å². The van der Waals surface area contributed by atoms with Crippen LogP contribution >= 0.6 is 0 Å². The normalized spacial score (nSPS) is 12.2. The highest BCUT2D eigenvalue weighted by Crippen LogP contribution is 2.13. The third-order valence-electron chi connectivity index (χ3n) is 2.00. The highest BCUT2D eigenvalue weighted by Gasteiger charge is 2.18. The number of nitrogens with one attached hydrogen (secondary N) is 1. The molecule has 1 rings (SSSR count). The van der Waals surface area contributed by atoms with E-state index in [4.69, 9.17) is 9.52 Å². The molecule has 5 nitrogen and oxygen atoms in total. The Morgan fingerprint density at radius 3 is 2.47 bits per heavy atom. The second-order valence-corrected chi connectivity index (χ2v) is 3.36. The van der Waals surface area contributed by atoms with Crippen LogP contribution in [0.2, 0.25) is 0 Å². The molecule has 1 atom stereocenters. The zero-order valence-corrected chi connectivity index (χ0v) is 8.83. The van der Waals surface area contributed by atoms with Gasteiger partial charge in [0, 0.05) is 0 Å². The molecule has 0 bridgehead atoms. The number of aliphatic carboxylic acids is 1. The van der Waals surface area contributed by atoms with E-state index >= 15 is 0 Å². The van der Waals surface area contributed by atoms with Crippen LogP contribution in [0.1, 0.15) is 28.8 Å². The lowest BCUT2D eigenvalue weighted by atomic mass is 10.2. The number of aryl methyl sites for hydroxylation is 2. The van der Waals surface area contributed by atoms with Gasteiger partial charge >= 0.3 is 5.97 Å². The first-order chi connectivity index (χ1) is 6.91. The fourth-order valence-corrected chi connectivity index (χ4v) is 1.19. The van der Waals surface area contributed by atoms with Crippen molar-refractivity contribution >= 4 is 11.9 Å². The van der Waals surface area contributed by atoms with Crippen LogP contribution in [0.4, 0.5) is 0 Å². The predicted molar refractivity (Wildman–Crippen MR) is 52.7 cm³/mol. The molecule has 0 aliphatic carbocycles. The largest absolute Gasteiger partial charge is 0.480 e. The first kappa shape index (κ1) is 11.3. The number of carboxylic acids is 1. The van der Waals surface area contributed by atoms with E-state index in [1.807, 2.05) is 0 Å². The minimum Gasteiger partial charge on any atom is -0.480 e. The number of furan rings is 1. The molecule has 0 saturated heterocycles. The van der Waals surface area contributed by atoms with Crippen LogP contribution in [0, 0.1) is 13.8 Å². The lowest BCUT2D eigenvalue weighted by molar-refractivity contribution is -0.138. The van der Waals surface area contributed by atoms with Crippen LogP contribution in [0.3, 0.4) is 0 Å². The van der Waals surface area contributed by atoms with Gasteiger partial charge in [0.05, 0.1) is 5.56 Å². The highest BCUT2D eigenvalue weighted by molar-refractivity contribution is 5.97. The molecule has 1 aromatic rings. The molecular formula is C10H13NO4. The Morgan fingerprint density at radius 1 is 1.47 bits per heavy atom. The molecule has 0 aliphatic rings. The van der Waals surface area contributed by atoms with Gasteiger partial charge < -0.3 is 14.8 Å². The molecule has 0 saturated carbocycles. The second kappa shape index (κ2) is 4.16. The summed E-state index contributed by atoms with van der Waals surface area (Å²) in [6, 6.07) is 0.672. The number of amides is 1. The van der Waals surface area contributed by atoms with E-state index in [-0.39, 0.29) is 0 Å². The van der Waals surface area contributed by atoms with Crippen LogP contribution in [0.15, 0.2) is 10.5 Å². The zero-order valence-electron chi connectivity index (χ0n) is 8.83. The molecule has 0 spiro atoms. The molecule has 5 heteroatoms. The van der Waals surface area contributed by atoms with Gasteiger partial charge in [0.25, 0.3) is 5.91 Å². The standard InChI is InChI=1S/C10H13NO4/c1-5-4-8(7(3)15-5)9(12)11-6(2)10(13)14/h4,6H,1-3H3,(H,11,12)(H,13,14)/t6-/m1/s1. The van der Waals surface area contributed by atoms with Crippen molar-refractivity contribution < 1.29 is 19.1 Å². The summed E-state index contributed by atoms with van der Waals surface area (Å²) in [6.07, 6.45) is 0. The molecule has 0 aliphatic heterocycles. The van der Waals surface area contributed by atoms with Crippen LogP contribution < -0.4 is 5.32 Å². The molecular weight excluding hydrogens is 198 g/mol. The van der Waals surface area contributed by atoms with Gasteiger partial charge in [-0.15, -0.1) is 0 Å². The fourth-order valence-electron chi connectivity index (χ4n) is 1.19. The van der Waals surface area contributed by atoms with E-state index in [2.05, 4.69) is 5.32 Å². The van der Waals surface area contributed by atoms with Gasteiger partial charge in [-0.05, 0) is 26.8 Å². The fraction of sp³-hybridized carbons (Fsp3) is 0.400. The number of carbonyl (C=O) groups excluding carboxylic acids is 1. The summed E-state index contributed by atoms with van der Waals surface area (Å²) < 4.78 is 5.17. The summed E-state index contributed by atoms with van der Waals surface area (Å²) in [7, 11) is 0. The third-order valence-corrected chi connectivity index (χ3v) is 2.00. The maximum Gasteiger partial charge on any atom is 0.325 e. The van der Waals surface area contributed by atoms with Gasteiger partial charge in [0.2, 0.25) is 0 Å². The molecule has 1 aromatic heterocycles. The van der Waals surface area contributed by atoms with Gasteiger partial charge in [-0.1, -0.05) is 0 Å². The Labute approximate surface area is 87.1 Å². The van der Waals surface area contributed by atoms with E-state index in [0.29, 0.717) is 17.1 Å². The van der Waals surface area contributed by atoms with Crippen LogP contribution in [-0.2, 0) is 4.79 Å². The Kier molecular flexibility index (Phi) is 3.14. The van der Waals surface area contributed by atoms with Crippen molar-refractivity contribution in [3.05, 3.63) is 23.2 Å². The van der Waals surface area contributed by atoms with Crippen molar-refractivity contribution in [3.8, 4) is 0 Å². The van der Waals surface area contributed by atoms with E-state index in [1.54, 1.807) is 19.9 Å². The number of hydrogen-bond acceptors (Lipinski definition) is 3. The molecule has 0 unspecified atom stereocenters. The summed E-state index contributed by atoms with van der Waals surface area (Å²) >= 11 is 0. The monoisotopic (exact) mass is 211 g/mol. The molecule has 0 radical (unpaired) electrons. The number of carbonyl (C=O) groups is 2. The van der Waals surface area contributed by atoms with E-state index in [0.717, 1.165) is 0 Å². The minimum absolute atomic E-state index is 0.376. The lowest BCUT2D eigenvalue weighted by Gasteiger charge is -2.07. The van der Waals surface area contributed by atoms with Crippen molar-refractivity contribution in [1.29, 1.82) is 0 Å². The molecule has 0 fully saturated rings. The molecule has 0 aromatic carbocycles. The average molecular weight is 211 g/mol. The number of rotatable bonds is 3. The highest BCUT2D eigenvalue weighted by atomic mass is 16.4. The first-order valence-corrected chi connectivity index (χ1v) is 4.52. The van der Waals surface area contributed by atoms with Crippen LogP contribution in [0.5, 0.6) is 0 Å². The predicted octanol–water partition coefficient (Wildman–Crippen LogP) is 1.10.